The lowest BCUT2D eigenvalue weighted by atomic mass is 10.1. The first-order chi connectivity index (χ1) is 19.2. The summed E-state index contributed by atoms with van der Waals surface area (Å²) in [6, 6.07) is 15.9. The van der Waals surface area contributed by atoms with Crippen molar-refractivity contribution in [2.24, 2.45) is 0 Å². The normalized spacial score (nSPS) is 12.5. The predicted octanol–water partition coefficient (Wildman–Crippen LogP) is 7.22. The summed E-state index contributed by atoms with van der Waals surface area (Å²) in [5, 5.41) is 3.80. The summed E-state index contributed by atoms with van der Waals surface area (Å²) < 4.78 is 28.7. The molecule has 1 atom stereocenters. The van der Waals surface area contributed by atoms with Crippen LogP contribution in [-0.4, -0.2) is 43.3 Å². The van der Waals surface area contributed by atoms with E-state index < -0.39 is 40.0 Å². The van der Waals surface area contributed by atoms with Crippen LogP contribution in [0, 0.1) is 0 Å². The van der Waals surface area contributed by atoms with Crippen LogP contribution in [0.2, 0.25) is 20.1 Å². The fraction of sp³-hybridized carbons (Fsp3) is 0.310. The average Bonchev–Trinajstić information content (AvgIpc) is 2.89. The van der Waals surface area contributed by atoms with E-state index in [2.05, 4.69) is 5.32 Å². The first kappa shape index (κ1) is 33.0. The van der Waals surface area contributed by atoms with Gasteiger partial charge in [-0.15, -0.1) is 0 Å². The van der Waals surface area contributed by atoms with Crippen LogP contribution in [0.1, 0.15) is 39.7 Å². The zero-order chi connectivity index (χ0) is 30.5. The lowest BCUT2D eigenvalue weighted by Gasteiger charge is -2.35. The molecule has 220 valence electrons. The summed E-state index contributed by atoms with van der Waals surface area (Å²) in [4.78, 5) is 28.8. The molecule has 0 aromatic heterocycles. The van der Waals surface area contributed by atoms with E-state index >= 15 is 0 Å². The smallest absolute Gasteiger partial charge is 0.264 e. The molecule has 0 saturated carbocycles. The maximum Gasteiger partial charge on any atom is 0.264 e. The number of nitrogens with one attached hydrogen (secondary N) is 1. The van der Waals surface area contributed by atoms with E-state index in [-0.39, 0.29) is 33.6 Å². The largest absolute Gasteiger partial charge is 0.350 e. The van der Waals surface area contributed by atoms with E-state index in [1.807, 2.05) is 20.8 Å². The van der Waals surface area contributed by atoms with Gasteiger partial charge in [0.15, 0.2) is 0 Å². The van der Waals surface area contributed by atoms with Gasteiger partial charge in [-0.1, -0.05) is 77.6 Å². The van der Waals surface area contributed by atoms with E-state index in [1.54, 1.807) is 43.3 Å². The molecular weight excluding hydrogens is 628 g/mol. The summed E-state index contributed by atoms with van der Waals surface area (Å²) in [5.74, 6) is -1.08. The number of sulfonamides is 1. The molecule has 3 rings (SSSR count). The molecule has 12 heteroatoms. The standard InChI is InChI=1S/C29H31Cl4N3O4S/c1-5-25(28(38)34-29(2,3)4)35(17-21-22(31)12-9-13-23(21)32)27(37)18-36(26-16-19(30)14-15-24(26)33)41(39,40)20-10-7-6-8-11-20/h6-16,25H,5,17-18H2,1-4H3,(H,34,38)/t25-/m1/s1. The number of halogens is 4. The highest BCUT2D eigenvalue weighted by Gasteiger charge is 2.35. The number of amides is 2. The monoisotopic (exact) mass is 657 g/mol. The van der Waals surface area contributed by atoms with Gasteiger partial charge in [0.1, 0.15) is 12.6 Å². The second-order valence-corrected chi connectivity index (χ2v) is 13.8. The fourth-order valence-electron chi connectivity index (χ4n) is 4.14. The number of rotatable bonds is 10. The maximum atomic E-state index is 14.2. The quantitative estimate of drug-likeness (QED) is 0.249. The van der Waals surface area contributed by atoms with Crippen molar-refractivity contribution in [2.45, 2.75) is 57.1 Å². The van der Waals surface area contributed by atoms with Crippen molar-refractivity contribution < 1.29 is 18.0 Å². The van der Waals surface area contributed by atoms with Crippen LogP contribution in [0.3, 0.4) is 0 Å². The molecule has 0 heterocycles. The van der Waals surface area contributed by atoms with Crippen molar-refractivity contribution in [2.75, 3.05) is 10.8 Å². The van der Waals surface area contributed by atoms with E-state index in [0.717, 1.165) is 4.31 Å². The van der Waals surface area contributed by atoms with Crippen molar-refractivity contribution in [1.82, 2.24) is 10.2 Å². The molecule has 0 unspecified atom stereocenters. The summed E-state index contributed by atoms with van der Waals surface area (Å²) in [6.45, 7) is 6.40. The summed E-state index contributed by atoms with van der Waals surface area (Å²) in [6.07, 6.45) is 0.235. The average molecular weight is 659 g/mol. The van der Waals surface area contributed by atoms with Crippen molar-refractivity contribution >= 4 is 73.9 Å². The number of benzene rings is 3. The van der Waals surface area contributed by atoms with E-state index in [4.69, 9.17) is 46.4 Å². The van der Waals surface area contributed by atoms with Gasteiger partial charge < -0.3 is 10.2 Å². The van der Waals surface area contributed by atoms with Gasteiger partial charge in [0.05, 0.1) is 15.6 Å². The Morgan fingerprint density at radius 2 is 1.49 bits per heavy atom. The molecule has 0 aliphatic carbocycles. The molecule has 0 aliphatic rings. The van der Waals surface area contributed by atoms with Crippen LogP contribution in [0.25, 0.3) is 0 Å². The lowest BCUT2D eigenvalue weighted by molar-refractivity contribution is -0.141. The molecule has 3 aromatic carbocycles. The highest BCUT2D eigenvalue weighted by molar-refractivity contribution is 7.92. The topological polar surface area (TPSA) is 86.8 Å². The van der Waals surface area contributed by atoms with Crippen molar-refractivity contribution in [3.05, 3.63) is 92.4 Å². The van der Waals surface area contributed by atoms with Crippen molar-refractivity contribution in [3.8, 4) is 0 Å². The van der Waals surface area contributed by atoms with Gasteiger partial charge >= 0.3 is 0 Å². The minimum Gasteiger partial charge on any atom is -0.350 e. The van der Waals surface area contributed by atoms with Crippen molar-refractivity contribution in [1.29, 1.82) is 0 Å². The van der Waals surface area contributed by atoms with Gasteiger partial charge in [0.25, 0.3) is 10.0 Å². The molecule has 0 radical (unpaired) electrons. The molecule has 2 amide bonds. The number of nitrogens with zero attached hydrogens (tertiary/aromatic N) is 2. The molecule has 1 N–H and O–H groups in total. The summed E-state index contributed by atoms with van der Waals surface area (Å²) in [7, 11) is -4.30. The highest BCUT2D eigenvalue weighted by Crippen LogP contribution is 2.34. The first-order valence-electron chi connectivity index (χ1n) is 12.7. The van der Waals surface area contributed by atoms with Crippen LogP contribution in [-0.2, 0) is 26.2 Å². The van der Waals surface area contributed by atoms with Crippen LogP contribution in [0.5, 0.6) is 0 Å². The Hall–Kier alpha value is -2.49. The Kier molecular flexibility index (Phi) is 11.0. The Balaban J connectivity index is 2.15. The Bertz CT molecular complexity index is 1490. The van der Waals surface area contributed by atoms with Gasteiger partial charge in [-0.25, -0.2) is 8.42 Å². The van der Waals surface area contributed by atoms with E-state index in [9.17, 15) is 18.0 Å². The molecule has 41 heavy (non-hydrogen) atoms. The van der Waals surface area contributed by atoms with Crippen LogP contribution >= 0.6 is 46.4 Å². The zero-order valence-electron chi connectivity index (χ0n) is 23.0. The number of carbonyl (C=O) groups excluding carboxylic acids is 2. The molecule has 3 aromatic rings. The zero-order valence-corrected chi connectivity index (χ0v) is 26.8. The van der Waals surface area contributed by atoms with Gasteiger partial charge in [-0.05, 0) is 69.7 Å². The summed E-state index contributed by atoms with van der Waals surface area (Å²) >= 11 is 25.5. The Morgan fingerprint density at radius 3 is 2.05 bits per heavy atom. The minimum atomic E-state index is -4.30. The molecule has 0 spiro atoms. The SMILES string of the molecule is CC[C@H](C(=O)NC(C)(C)C)N(Cc1c(Cl)cccc1Cl)C(=O)CN(c1cc(Cl)ccc1Cl)S(=O)(=O)c1ccccc1. The Labute approximate surface area is 261 Å². The van der Waals surface area contributed by atoms with Gasteiger partial charge in [-0.2, -0.15) is 0 Å². The molecular formula is C29H31Cl4N3O4S. The van der Waals surface area contributed by atoms with Gasteiger partial charge in [-0.3, -0.25) is 13.9 Å². The predicted molar refractivity (Wildman–Crippen MR) is 166 cm³/mol. The molecule has 0 bridgehead atoms. The molecule has 0 fully saturated rings. The Morgan fingerprint density at radius 1 is 0.878 bits per heavy atom. The third-order valence-corrected chi connectivity index (χ3v) is 9.10. The fourth-order valence-corrected chi connectivity index (χ4v) is 6.54. The van der Waals surface area contributed by atoms with Crippen LogP contribution < -0.4 is 9.62 Å². The number of anilines is 1. The van der Waals surface area contributed by atoms with Crippen molar-refractivity contribution in [3.63, 3.8) is 0 Å². The third-order valence-electron chi connectivity index (χ3n) is 6.06. The third kappa shape index (κ3) is 8.30. The molecule has 0 aliphatic heterocycles. The van der Waals surface area contributed by atoms with Crippen LogP contribution in [0.15, 0.2) is 71.6 Å². The maximum absolute atomic E-state index is 14.2. The van der Waals surface area contributed by atoms with Crippen LogP contribution in [0.4, 0.5) is 5.69 Å². The molecule has 7 nitrogen and oxygen atoms in total. The first-order valence-corrected chi connectivity index (χ1v) is 15.7. The second-order valence-electron chi connectivity index (χ2n) is 10.3. The molecule has 0 saturated heterocycles. The number of hydrogen-bond donors (Lipinski definition) is 1. The van der Waals surface area contributed by atoms with Gasteiger partial charge in [0, 0.05) is 32.7 Å². The highest BCUT2D eigenvalue weighted by atomic mass is 35.5. The number of carbonyl (C=O) groups is 2. The summed E-state index contributed by atoms with van der Waals surface area (Å²) in [5.41, 5.74) is -0.151. The second kappa shape index (κ2) is 13.7. The van der Waals surface area contributed by atoms with E-state index in [1.165, 1.54) is 35.2 Å². The minimum absolute atomic E-state index is 0.0132. The lowest BCUT2D eigenvalue weighted by Crippen LogP contribution is -2.55. The van der Waals surface area contributed by atoms with Gasteiger partial charge in [0.2, 0.25) is 11.8 Å². The van der Waals surface area contributed by atoms with E-state index in [0.29, 0.717) is 15.6 Å². The number of hydrogen-bond acceptors (Lipinski definition) is 4.